The highest BCUT2D eigenvalue weighted by Gasteiger charge is 2.54. The third kappa shape index (κ3) is 3.06. The Hall–Kier alpha value is -1.44. The Balaban J connectivity index is 1.68. The van der Waals surface area contributed by atoms with Crippen LogP contribution < -0.4 is 0 Å². The van der Waals surface area contributed by atoms with Gasteiger partial charge in [0.05, 0.1) is 19.3 Å². The Morgan fingerprint density at radius 2 is 1.85 bits per heavy atom. The van der Waals surface area contributed by atoms with Gasteiger partial charge in [-0.05, 0) is 41.7 Å². The van der Waals surface area contributed by atoms with E-state index in [1.807, 2.05) is 18.2 Å². The summed E-state index contributed by atoms with van der Waals surface area (Å²) in [7, 11) is 0. The molecule has 4 rings (SSSR count). The van der Waals surface area contributed by atoms with E-state index in [0.717, 1.165) is 22.3 Å². The summed E-state index contributed by atoms with van der Waals surface area (Å²) in [5, 5.41) is 30.3. The third-order valence-electron chi connectivity index (χ3n) is 5.12. The summed E-state index contributed by atoms with van der Waals surface area (Å²) in [6, 6.07) is 12.4. The SMILES string of the molecule is OC[C@@H]1C[C@H](O)[C@@H](O)[C@@]2(OCc3ccc(Cc4ccc(F)cc4)cc32)S1. The molecule has 1 saturated heterocycles. The second-order valence-electron chi connectivity index (χ2n) is 6.92. The van der Waals surface area contributed by atoms with Crippen LogP contribution in [0.25, 0.3) is 0 Å². The van der Waals surface area contributed by atoms with E-state index in [1.165, 1.54) is 23.9 Å². The number of rotatable bonds is 3. The minimum Gasteiger partial charge on any atom is -0.395 e. The molecule has 2 aliphatic heterocycles. The molecule has 0 saturated carbocycles. The van der Waals surface area contributed by atoms with Crippen LogP contribution in [0.3, 0.4) is 0 Å². The average molecular weight is 376 g/mol. The summed E-state index contributed by atoms with van der Waals surface area (Å²) in [5.74, 6) is -0.263. The van der Waals surface area contributed by atoms with Crippen LogP contribution in [0.15, 0.2) is 42.5 Å². The van der Waals surface area contributed by atoms with Gasteiger partial charge >= 0.3 is 0 Å². The van der Waals surface area contributed by atoms with Crippen LogP contribution in [-0.4, -0.2) is 39.4 Å². The van der Waals surface area contributed by atoms with Crippen LogP contribution in [0.2, 0.25) is 0 Å². The molecule has 2 aliphatic rings. The van der Waals surface area contributed by atoms with Gasteiger partial charge in [-0.15, -0.1) is 11.8 Å². The standard InChI is InChI=1S/C20H21FO4S/c21-15-5-2-12(3-6-15)7-13-1-4-14-11-25-20(17(14)8-13)19(24)18(23)9-16(10-22)26-20/h1-6,8,16,18-19,22-24H,7,9-11H2/t16-,18-,19+,20-/m0/s1. The van der Waals surface area contributed by atoms with Gasteiger partial charge in [0.2, 0.25) is 0 Å². The fourth-order valence-electron chi connectivity index (χ4n) is 3.76. The zero-order valence-corrected chi connectivity index (χ0v) is 15.0. The first kappa shape index (κ1) is 17.9. The lowest BCUT2D eigenvalue weighted by Crippen LogP contribution is -2.51. The van der Waals surface area contributed by atoms with Crippen molar-refractivity contribution in [1.29, 1.82) is 0 Å². The van der Waals surface area contributed by atoms with Gasteiger partial charge in [-0.2, -0.15) is 0 Å². The van der Waals surface area contributed by atoms with Crippen LogP contribution in [0.4, 0.5) is 4.39 Å². The molecule has 6 heteroatoms. The molecular formula is C20H21FO4S. The number of aliphatic hydroxyl groups is 3. The molecule has 0 aromatic heterocycles. The summed E-state index contributed by atoms with van der Waals surface area (Å²) in [5.41, 5.74) is 3.84. The first-order chi connectivity index (χ1) is 12.5. The summed E-state index contributed by atoms with van der Waals surface area (Å²) in [4.78, 5) is -1.06. The maximum atomic E-state index is 13.1. The zero-order valence-electron chi connectivity index (χ0n) is 14.1. The molecule has 4 nitrogen and oxygen atoms in total. The fraction of sp³-hybridized carbons (Fsp3) is 0.400. The minimum atomic E-state index is -1.06. The lowest BCUT2D eigenvalue weighted by Gasteiger charge is -2.43. The van der Waals surface area contributed by atoms with E-state index in [-0.39, 0.29) is 17.7 Å². The molecule has 2 heterocycles. The van der Waals surface area contributed by atoms with E-state index >= 15 is 0 Å². The van der Waals surface area contributed by atoms with E-state index in [9.17, 15) is 19.7 Å². The first-order valence-electron chi connectivity index (χ1n) is 8.67. The summed E-state index contributed by atoms with van der Waals surface area (Å²) in [6.45, 7) is 0.283. The van der Waals surface area contributed by atoms with Crippen molar-refractivity contribution in [1.82, 2.24) is 0 Å². The molecular weight excluding hydrogens is 355 g/mol. The van der Waals surface area contributed by atoms with E-state index in [2.05, 4.69) is 0 Å². The number of thioether (sulfide) groups is 1. The Morgan fingerprint density at radius 1 is 1.12 bits per heavy atom. The molecule has 26 heavy (non-hydrogen) atoms. The number of hydrogen-bond donors (Lipinski definition) is 3. The maximum Gasteiger partial charge on any atom is 0.168 e. The van der Waals surface area contributed by atoms with Crippen molar-refractivity contribution in [2.24, 2.45) is 0 Å². The Labute approximate surface area is 155 Å². The van der Waals surface area contributed by atoms with Crippen LogP contribution in [0, 0.1) is 5.82 Å². The van der Waals surface area contributed by atoms with Crippen LogP contribution in [0.1, 0.15) is 28.7 Å². The van der Waals surface area contributed by atoms with Gasteiger partial charge in [-0.1, -0.05) is 30.3 Å². The topological polar surface area (TPSA) is 69.9 Å². The summed E-state index contributed by atoms with van der Waals surface area (Å²) >= 11 is 1.38. The molecule has 0 bridgehead atoms. The fourth-order valence-corrected chi connectivity index (χ4v) is 5.36. The molecule has 0 unspecified atom stereocenters. The number of ether oxygens (including phenoxy) is 1. The number of hydrogen-bond acceptors (Lipinski definition) is 5. The molecule has 2 aromatic carbocycles. The lowest BCUT2D eigenvalue weighted by atomic mass is 9.92. The van der Waals surface area contributed by atoms with Crippen molar-refractivity contribution < 1.29 is 24.4 Å². The van der Waals surface area contributed by atoms with Crippen molar-refractivity contribution in [2.45, 2.75) is 41.8 Å². The minimum absolute atomic E-state index is 0.0792. The van der Waals surface area contributed by atoms with E-state index in [4.69, 9.17) is 4.74 Å². The van der Waals surface area contributed by atoms with Crippen molar-refractivity contribution in [2.75, 3.05) is 6.61 Å². The van der Waals surface area contributed by atoms with Crippen molar-refractivity contribution in [3.8, 4) is 0 Å². The van der Waals surface area contributed by atoms with Gasteiger partial charge in [0.25, 0.3) is 0 Å². The maximum absolute atomic E-state index is 13.1. The molecule has 0 amide bonds. The normalized spacial score (nSPS) is 30.5. The largest absolute Gasteiger partial charge is 0.395 e. The summed E-state index contributed by atoms with van der Waals surface area (Å²) in [6.07, 6.45) is -1.04. The number of aliphatic hydroxyl groups excluding tert-OH is 3. The third-order valence-corrected chi connectivity index (χ3v) is 6.72. The molecule has 3 N–H and O–H groups in total. The number of halogens is 1. The van der Waals surface area contributed by atoms with Gasteiger partial charge in [0.1, 0.15) is 11.9 Å². The van der Waals surface area contributed by atoms with Crippen molar-refractivity contribution in [3.05, 3.63) is 70.5 Å². The van der Waals surface area contributed by atoms with Gasteiger partial charge < -0.3 is 20.1 Å². The zero-order chi connectivity index (χ0) is 18.3. The molecule has 0 aliphatic carbocycles. The van der Waals surface area contributed by atoms with Gasteiger partial charge in [-0.25, -0.2) is 4.39 Å². The highest BCUT2D eigenvalue weighted by atomic mass is 32.2. The van der Waals surface area contributed by atoms with Crippen molar-refractivity contribution in [3.63, 3.8) is 0 Å². The monoisotopic (exact) mass is 376 g/mol. The highest BCUT2D eigenvalue weighted by Crippen LogP contribution is 2.54. The Bertz CT molecular complexity index is 797. The molecule has 138 valence electrons. The van der Waals surface area contributed by atoms with Crippen molar-refractivity contribution >= 4 is 11.8 Å². The lowest BCUT2D eigenvalue weighted by molar-refractivity contribution is -0.115. The quantitative estimate of drug-likeness (QED) is 0.767. The summed E-state index contributed by atoms with van der Waals surface area (Å²) < 4.78 is 19.1. The van der Waals surface area contributed by atoms with E-state index in [0.29, 0.717) is 19.4 Å². The molecule has 1 fully saturated rings. The van der Waals surface area contributed by atoms with Crippen LogP contribution in [0.5, 0.6) is 0 Å². The molecule has 1 spiro atoms. The number of benzene rings is 2. The second kappa shape index (κ2) is 6.94. The predicted octanol–water partition coefficient (Wildman–Crippen LogP) is 2.32. The highest BCUT2D eigenvalue weighted by molar-refractivity contribution is 8.00. The Kier molecular flexibility index (Phi) is 4.79. The molecule has 0 radical (unpaired) electrons. The molecule has 4 atom stereocenters. The molecule has 2 aromatic rings. The average Bonchev–Trinajstić information content (AvgIpc) is 3.00. The van der Waals surface area contributed by atoms with E-state index in [1.54, 1.807) is 12.1 Å². The smallest absolute Gasteiger partial charge is 0.168 e. The first-order valence-corrected chi connectivity index (χ1v) is 9.55. The van der Waals surface area contributed by atoms with Crippen LogP contribution in [-0.2, 0) is 22.7 Å². The Morgan fingerprint density at radius 3 is 2.58 bits per heavy atom. The predicted molar refractivity (Wildman–Crippen MR) is 97.2 cm³/mol. The van der Waals surface area contributed by atoms with E-state index < -0.39 is 17.1 Å². The van der Waals surface area contributed by atoms with Gasteiger partial charge in [-0.3, -0.25) is 0 Å². The van der Waals surface area contributed by atoms with Gasteiger partial charge in [0.15, 0.2) is 4.93 Å². The second-order valence-corrected chi connectivity index (χ2v) is 8.43. The van der Waals surface area contributed by atoms with Gasteiger partial charge in [0, 0.05) is 10.8 Å². The van der Waals surface area contributed by atoms with Crippen LogP contribution >= 0.6 is 11.8 Å². The number of fused-ring (bicyclic) bond motifs is 2.